The van der Waals surface area contributed by atoms with Gasteiger partial charge in [-0.1, -0.05) is 24.3 Å². The van der Waals surface area contributed by atoms with Crippen molar-refractivity contribution >= 4 is 11.8 Å². The number of nitrogens with one attached hydrogen (secondary N) is 1. The van der Waals surface area contributed by atoms with Crippen LogP contribution in [0.2, 0.25) is 0 Å². The molecule has 144 valence electrons. The zero-order valence-electron chi connectivity index (χ0n) is 16.0. The second kappa shape index (κ2) is 9.83. The lowest BCUT2D eigenvalue weighted by atomic mass is 10.1. The maximum atomic E-state index is 13.3. The highest BCUT2D eigenvalue weighted by molar-refractivity contribution is 5.93. The van der Waals surface area contributed by atoms with Crippen LogP contribution in [-0.4, -0.2) is 48.8 Å². The van der Waals surface area contributed by atoms with E-state index < -0.39 is 0 Å². The van der Waals surface area contributed by atoms with Crippen molar-refractivity contribution in [2.45, 2.75) is 20.0 Å². The van der Waals surface area contributed by atoms with Crippen molar-refractivity contribution in [3.8, 4) is 0 Å². The molecule has 5 nitrogen and oxygen atoms in total. The predicted octanol–water partition coefficient (Wildman–Crippen LogP) is 2.67. The van der Waals surface area contributed by atoms with Gasteiger partial charge in [-0.2, -0.15) is 0 Å². The maximum absolute atomic E-state index is 13.3. The molecule has 27 heavy (non-hydrogen) atoms. The fraction of sp³-hybridized carbons (Fsp3) is 0.333. The monoisotopic (exact) mass is 371 g/mol. The summed E-state index contributed by atoms with van der Waals surface area (Å²) < 4.78 is 13.3. The molecule has 0 saturated carbocycles. The molecule has 2 rings (SSSR count). The molecule has 0 aromatic heterocycles. The van der Waals surface area contributed by atoms with E-state index in [2.05, 4.69) is 5.32 Å². The van der Waals surface area contributed by atoms with E-state index in [1.807, 2.05) is 37.1 Å². The summed E-state index contributed by atoms with van der Waals surface area (Å²) in [4.78, 5) is 27.8. The number of nitrogens with zero attached hydrogens (tertiary/aromatic N) is 2. The average molecular weight is 371 g/mol. The first-order valence-corrected chi connectivity index (χ1v) is 8.94. The van der Waals surface area contributed by atoms with Gasteiger partial charge in [0.15, 0.2) is 0 Å². The summed E-state index contributed by atoms with van der Waals surface area (Å²) in [7, 11) is 3.47. The SMILES string of the molecule is CCN(Cc1cccc(F)c1)C(=O)CN(C)Cc1ccc(C(=O)NC)cc1. The predicted molar refractivity (Wildman–Crippen MR) is 104 cm³/mol. The fourth-order valence-corrected chi connectivity index (χ4v) is 2.84. The van der Waals surface area contributed by atoms with Gasteiger partial charge in [0.1, 0.15) is 5.82 Å². The van der Waals surface area contributed by atoms with Crippen LogP contribution in [-0.2, 0) is 17.9 Å². The molecule has 2 aromatic rings. The summed E-state index contributed by atoms with van der Waals surface area (Å²) in [5, 5.41) is 2.59. The number of likely N-dealkylation sites (N-methyl/N-ethyl adjacent to an activating group) is 2. The molecule has 0 unspecified atom stereocenters. The first kappa shape index (κ1) is 20.6. The molecular formula is C21H26FN3O2. The third kappa shape index (κ3) is 6.18. The number of amides is 2. The van der Waals surface area contributed by atoms with E-state index in [1.54, 1.807) is 30.1 Å². The molecule has 0 aliphatic heterocycles. The molecule has 0 aliphatic rings. The van der Waals surface area contributed by atoms with Crippen LogP contribution in [0.25, 0.3) is 0 Å². The molecule has 0 atom stereocenters. The number of benzene rings is 2. The summed E-state index contributed by atoms with van der Waals surface area (Å²) >= 11 is 0. The Balaban J connectivity index is 1.92. The quantitative estimate of drug-likeness (QED) is 0.776. The Kier molecular flexibility index (Phi) is 7.49. The van der Waals surface area contributed by atoms with Gasteiger partial charge >= 0.3 is 0 Å². The molecule has 0 heterocycles. The highest BCUT2D eigenvalue weighted by Gasteiger charge is 2.15. The summed E-state index contributed by atoms with van der Waals surface area (Å²) in [5.41, 5.74) is 2.40. The van der Waals surface area contributed by atoms with Gasteiger partial charge in [-0.05, 0) is 49.4 Å². The summed E-state index contributed by atoms with van der Waals surface area (Å²) in [6.45, 7) is 3.72. The Labute approximate surface area is 159 Å². The minimum Gasteiger partial charge on any atom is -0.355 e. The third-order valence-electron chi connectivity index (χ3n) is 4.30. The van der Waals surface area contributed by atoms with Crippen LogP contribution in [0, 0.1) is 5.82 Å². The summed E-state index contributed by atoms with van der Waals surface area (Å²) in [5.74, 6) is -0.430. The van der Waals surface area contributed by atoms with Gasteiger partial charge < -0.3 is 10.2 Å². The number of halogens is 1. The Hall–Kier alpha value is -2.73. The van der Waals surface area contributed by atoms with Gasteiger partial charge in [0.05, 0.1) is 6.54 Å². The molecule has 1 N–H and O–H groups in total. The fourth-order valence-electron chi connectivity index (χ4n) is 2.84. The largest absolute Gasteiger partial charge is 0.355 e. The van der Waals surface area contributed by atoms with Crippen LogP contribution in [0.5, 0.6) is 0 Å². The lowest BCUT2D eigenvalue weighted by Gasteiger charge is -2.24. The van der Waals surface area contributed by atoms with Crippen molar-refractivity contribution in [2.75, 3.05) is 27.2 Å². The molecule has 0 bridgehead atoms. The molecule has 0 spiro atoms. The maximum Gasteiger partial charge on any atom is 0.251 e. The lowest BCUT2D eigenvalue weighted by Crippen LogP contribution is -2.38. The normalized spacial score (nSPS) is 10.7. The molecule has 0 aliphatic carbocycles. The van der Waals surface area contributed by atoms with Gasteiger partial charge in [0, 0.05) is 32.2 Å². The third-order valence-corrected chi connectivity index (χ3v) is 4.30. The highest BCUT2D eigenvalue weighted by Crippen LogP contribution is 2.10. The minimum absolute atomic E-state index is 0.00811. The number of hydrogen-bond donors (Lipinski definition) is 1. The number of hydrogen-bond acceptors (Lipinski definition) is 3. The Morgan fingerprint density at radius 3 is 2.33 bits per heavy atom. The zero-order chi connectivity index (χ0) is 19.8. The molecule has 6 heteroatoms. The van der Waals surface area contributed by atoms with Gasteiger partial charge in [0.2, 0.25) is 5.91 Å². The number of carbonyl (C=O) groups is 2. The number of rotatable bonds is 8. The van der Waals surface area contributed by atoms with Crippen LogP contribution in [0.1, 0.15) is 28.4 Å². The minimum atomic E-state index is -0.298. The van der Waals surface area contributed by atoms with Crippen molar-refractivity contribution in [3.05, 3.63) is 71.0 Å². The molecular weight excluding hydrogens is 345 g/mol. The average Bonchev–Trinajstić information content (AvgIpc) is 2.66. The Morgan fingerprint density at radius 1 is 1.04 bits per heavy atom. The van der Waals surface area contributed by atoms with Crippen LogP contribution in [0.4, 0.5) is 4.39 Å². The van der Waals surface area contributed by atoms with E-state index in [-0.39, 0.29) is 24.2 Å². The van der Waals surface area contributed by atoms with Crippen molar-refractivity contribution in [1.29, 1.82) is 0 Å². The highest BCUT2D eigenvalue weighted by atomic mass is 19.1. The van der Waals surface area contributed by atoms with E-state index in [4.69, 9.17) is 0 Å². The molecule has 0 saturated heterocycles. The first-order valence-electron chi connectivity index (χ1n) is 8.94. The van der Waals surface area contributed by atoms with Crippen molar-refractivity contribution in [3.63, 3.8) is 0 Å². The summed E-state index contributed by atoms with van der Waals surface area (Å²) in [6.07, 6.45) is 0. The van der Waals surface area contributed by atoms with Gasteiger partial charge in [-0.25, -0.2) is 4.39 Å². The van der Waals surface area contributed by atoms with Crippen LogP contribution in [0.15, 0.2) is 48.5 Å². The van der Waals surface area contributed by atoms with Gasteiger partial charge in [-0.3, -0.25) is 14.5 Å². The standard InChI is InChI=1S/C21H26FN3O2/c1-4-25(14-17-6-5-7-19(22)12-17)20(26)15-24(3)13-16-8-10-18(11-9-16)21(27)23-2/h5-12H,4,13-15H2,1-3H3,(H,23,27). The Morgan fingerprint density at radius 2 is 1.74 bits per heavy atom. The topological polar surface area (TPSA) is 52.7 Å². The number of carbonyl (C=O) groups excluding carboxylic acids is 2. The second-order valence-electron chi connectivity index (χ2n) is 6.49. The smallest absolute Gasteiger partial charge is 0.251 e. The molecule has 0 fully saturated rings. The molecule has 2 aromatic carbocycles. The van der Waals surface area contributed by atoms with E-state index >= 15 is 0 Å². The lowest BCUT2D eigenvalue weighted by molar-refractivity contribution is -0.132. The van der Waals surface area contributed by atoms with Crippen molar-refractivity contribution in [1.82, 2.24) is 15.1 Å². The van der Waals surface area contributed by atoms with E-state index in [9.17, 15) is 14.0 Å². The van der Waals surface area contributed by atoms with Gasteiger partial charge in [0.25, 0.3) is 5.91 Å². The second-order valence-corrected chi connectivity index (χ2v) is 6.49. The van der Waals surface area contributed by atoms with Crippen LogP contribution in [0.3, 0.4) is 0 Å². The van der Waals surface area contributed by atoms with E-state index in [0.29, 0.717) is 25.2 Å². The van der Waals surface area contributed by atoms with Crippen LogP contribution >= 0.6 is 0 Å². The zero-order valence-corrected chi connectivity index (χ0v) is 16.0. The van der Waals surface area contributed by atoms with E-state index in [1.165, 1.54) is 12.1 Å². The van der Waals surface area contributed by atoms with Gasteiger partial charge in [-0.15, -0.1) is 0 Å². The van der Waals surface area contributed by atoms with Crippen molar-refractivity contribution in [2.24, 2.45) is 0 Å². The van der Waals surface area contributed by atoms with Crippen LogP contribution < -0.4 is 5.32 Å². The van der Waals surface area contributed by atoms with E-state index in [0.717, 1.165) is 11.1 Å². The van der Waals surface area contributed by atoms with Crippen molar-refractivity contribution < 1.29 is 14.0 Å². The first-order chi connectivity index (χ1) is 12.9. The summed E-state index contributed by atoms with van der Waals surface area (Å²) in [6, 6.07) is 13.6. The molecule has 0 radical (unpaired) electrons. The molecule has 2 amide bonds. The Bertz CT molecular complexity index is 777.